The number of benzene rings is 2. The van der Waals surface area contributed by atoms with E-state index in [9.17, 15) is 9.18 Å². The van der Waals surface area contributed by atoms with Crippen LogP contribution in [0.15, 0.2) is 48.7 Å². The molecule has 2 N–H and O–H groups in total. The number of nitrogens with one attached hydrogen (secondary N) is 2. The summed E-state index contributed by atoms with van der Waals surface area (Å²) in [5.74, 6) is -0.686. The molecule has 0 aromatic heterocycles. The van der Waals surface area contributed by atoms with Gasteiger partial charge in [-0.05, 0) is 24.3 Å². The van der Waals surface area contributed by atoms with Crippen LogP contribution in [0, 0.1) is 5.82 Å². The van der Waals surface area contributed by atoms with Crippen molar-refractivity contribution in [3.8, 4) is 0 Å². The Hall–Kier alpha value is -2.33. The molecule has 0 bridgehead atoms. The Morgan fingerprint density at radius 2 is 2.00 bits per heavy atom. The molecule has 20 heavy (non-hydrogen) atoms. The SMILES string of the molecule is O=C1Nc2ccccc2/C1=C\Nc1ccc(Cl)cc1F. The summed E-state index contributed by atoms with van der Waals surface area (Å²) in [6.45, 7) is 0. The molecule has 1 aliphatic rings. The van der Waals surface area contributed by atoms with Crippen LogP contribution in [0.25, 0.3) is 5.57 Å². The van der Waals surface area contributed by atoms with Crippen molar-refractivity contribution in [1.82, 2.24) is 0 Å². The minimum Gasteiger partial charge on any atom is -0.358 e. The number of hydrogen-bond donors (Lipinski definition) is 2. The van der Waals surface area contributed by atoms with Gasteiger partial charge in [0.1, 0.15) is 5.82 Å². The fraction of sp³-hybridized carbons (Fsp3) is 0. The summed E-state index contributed by atoms with van der Waals surface area (Å²) in [4.78, 5) is 11.9. The van der Waals surface area contributed by atoms with E-state index in [-0.39, 0.29) is 11.6 Å². The van der Waals surface area contributed by atoms with Crippen LogP contribution in [0.4, 0.5) is 15.8 Å². The van der Waals surface area contributed by atoms with Gasteiger partial charge in [-0.1, -0.05) is 29.8 Å². The fourth-order valence-corrected chi connectivity index (χ4v) is 2.20. The minimum absolute atomic E-state index is 0.215. The molecular weight excluding hydrogens is 279 g/mol. The summed E-state index contributed by atoms with van der Waals surface area (Å²) in [5.41, 5.74) is 2.27. The minimum atomic E-state index is -0.471. The highest BCUT2D eigenvalue weighted by Gasteiger charge is 2.23. The van der Waals surface area contributed by atoms with Gasteiger partial charge in [0.15, 0.2) is 0 Å². The van der Waals surface area contributed by atoms with Crippen molar-refractivity contribution in [1.29, 1.82) is 0 Å². The predicted molar refractivity (Wildman–Crippen MR) is 78.1 cm³/mol. The van der Waals surface area contributed by atoms with Crippen molar-refractivity contribution in [2.24, 2.45) is 0 Å². The molecule has 0 saturated carbocycles. The number of carbonyl (C=O) groups is 1. The molecule has 100 valence electrons. The van der Waals surface area contributed by atoms with E-state index in [1.54, 1.807) is 6.07 Å². The van der Waals surface area contributed by atoms with Crippen molar-refractivity contribution >= 4 is 34.5 Å². The van der Waals surface area contributed by atoms with Crippen molar-refractivity contribution in [2.75, 3.05) is 10.6 Å². The third-order valence-corrected chi connectivity index (χ3v) is 3.25. The smallest absolute Gasteiger partial charge is 0.257 e. The van der Waals surface area contributed by atoms with Crippen LogP contribution >= 0.6 is 11.6 Å². The highest BCUT2D eigenvalue weighted by Crippen LogP contribution is 2.31. The van der Waals surface area contributed by atoms with Crippen molar-refractivity contribution in [3.05, 3.63) is 65.1 Å². The van der Waals surface area contributed by atoms with Crippen LogP contribution in [0.3, 0.4) is 0 Å². The third-order valence-electron chi connectivity index (χ3n) is 3.01. The number of anilines is 2. The van der Waals surface area contributed by atoms with E-state index in [4.69, 9.17) is 11.6 Å². The summed E-state index contributed by atoms with van der Waals surface area (Å²) in [6, 6.07) is 11.6. The maximum atomic E-state index is 13.6. The zero-order chi connectivity index (χ0) is 14.1. The van der Waals surface area contributed by atoms with Gasteiger partial charge < -0.3 is 10.6 Å². The van der Waals surface area contributed by atoms with E-state index in [0.29, 0.717) is 10.6 Å². The molecular formula is C15H10ClFN2O. The van der Waals surface area contributed by atoms with Crippen LogP contribution in [-0.2, 0) is 4.79 Å². The second-order valence-electron chi connectivity index (χ2n) is 4.33. The zero-order valence-electron chi connectivity index (χ0n) is 10.3. The van der Waals surface area contributed by atoms with E-state index < -0.39 is 5.82 Å². The van der Waals surface area contributed by atoms with Gasteiger partial charge in [-0.25, -0.2) is 4.39 Å². The first-order valence-corrected chi connectivity index (χ1v) is 6.35. The molecule has 0 radical (unpaired) electrons. The van der Waals surface area contributed by atoms with Crippen LogP contribution in [0.1, 0.15) is 5.56 Å². The monoisotopic (exact) mass is 288 g/mol. The summed E-state index contributed by atoms with van der Waals surface area (Å²) in [5, 5.41) is 5.87. The van der Waals surface area contributed by atoms with E-state index >= 15 is 0 Å². The number of fused-ring (bicyclic) bond motifs is 1. The first-order valence-electron chi connectivity index (χ1n) is 5.97. The molecule has 0 aliphatic carbocycles. The Bertz CT molecular complexity index is 728. The molecule has 3 nitrogen and oxygen atoms in total. The lowest BCUT2D eigenvalue weighted by atomic mass is 10.1. The quantitative estimate of drug-likeness (QED) is 0.823. The van der Waals surface area contributed by atoms with Gasteiger partial charge in [0.2, 0.25) is 0 Å². The van der Waals surface area contributed by atoms with Gasteiger partial charge in [0, 0.05) is 22.5 Å². The standard InChI is InChI=1S/C15H10ClFN2O/c16-9-5-6-14(12(17)7-9)18-8-11-10-3-1-2-4-13(10)19-15(11)20/h1-8,18H,(H,19,20)/b11-8+. The molecule has 1 amide bonds. The molecule has 2 aromatic rings. The fourth-order valence-electron chi connectivity index (χ4n) is 2.04. The first kappa shape index (κ1) is 12.7. The van der Waals surface area contributed by atoms with Gasteiger partial charge in [0.05, 0.1) is 11.3 Å². The predicted octanol–water partition coefficient (Wildman–Crippen LogP) is 3.88. The second kappa shape index (κ2) is 4.98. The third kappa shape index (κ3) is 2.26. The summed E-state index contributed by atoms with van der Waals surface area (Å²) in [6.07, 6.45) is 1.49. The van der Waals surface area contributed by atoms with Crippen LogP contribution in [-0.4, -0.2) is 5.91 Å². The Morgan fingerprint density at radius 3 is 2.80 bits per heavy atom. The van der Waals surface area contributed by atoms with E-state index in [1.165, 1.54) is 18.3 Å². The normalized spacial score (nSPS) is 15.1. The highest BCUT2D eigenvalue weighted by atomic mass is 35.5. The Morgan fingerprint density at radius 1 is 1.20 bits per heavy atom. The summed E-state index contributed by atoms with van der Waals surface area (Å²) >= 11 is 5.69. The number of rotatable bonds is 2. The van der Waals surface area contributed by atoms with E-state index in [0.717, 1.165) is 11.3 Å². The van der Waals surface area contributed by atoms with Crippen LogP contribution < -0.4 is 10.6 Å². The molecule has 0 unspecified atom stereocenters. The lowest BCUT2D eigenvalue weighted by molar-refractivity contribution is -0.110. The van der Waals surface area contributed by atoms with E-state index in [2.05, 4.69) is 10.6 Å². The lowest BCUT2D eigenvalue weighted by Crippen LogP contribution is -2.05. The first-order chi connectivity index (χ1) is 9.65. The molecule has 5 heteroatoms. The second-order valence-corrected chi connectivity index (χ2v) is 4.76. The molecule has 0 spiro atoms. The molecule has 2 aromatic carbocycles. The summed E-state index contributed by atoms with van der Waals surface area (Å²) < 4.78 is 13.6. The van der Waals surface area contributed by atoms with E-state index in [1.807, 2.05) is 24.3 Å². The maximum Gasteiger partial charge on any atom is 0.257 e. The zero-order valence-corrected chi connectivity index (χ0v) is 11.0. The van der Waals surface area contributed by atoms with Gasteiger partial charge in [-0.2, -0.15) is 0 Å². The molecule has 1 aliphatic heterocycles. The topological polar surface area (TPSA) is 41.1 Å². The summed E-state index contributed by atoms with van der Waals surface area (Å²) in [7, 11) is 0. The molecule has 0 atom stereocenters. The Balaban J connectivity index is 1.91. The maximum absolute atomic E-state index is 13.6. The average Bonchev–Trinajstić information content (AvgIpc) is 2.74. The number of amides is 1. The van der Waals surface area contributed by atoms with Gasteiger partial charge in [-0.3, -0.25) is 4.79 Å². The number of halogens is 2. The number of carbonyl (C=O) groups excluding carboxylic acids is 1. The van der Waals surface area contributed by atoms with Crippen molar-refractivity contribution in [2.45, 2.75) is 0 Å². The molecule has 1 heterocycles. The van der Waals surface area contributed by atoms with Gasteiger partial charge >= 0.3 is 0 Å². The number of hydrogen-bond acceptors (Lipinski definition) is 2. The Kier molecular flexibility index (Phi) is 3.16. The van der Waals surface area contributed by atoms with Crippen molar-refractivity contribution < 1.29 is 9.18 Å². The largest absolute Gasteiger partial charge is 0.358 e. The highest BCUT2D eigenvalue weighted by molar-refractivity contribution is 6.31. The Labute approximate surface area is 120 Å². The molecule has 0 fully saturated rings. The van der Waals surface area contributed by atoms with Gasteiger partial charge in [0.25, 0.3) is 5.91 Å². The van der Waals surface area contributed by atoms with Crippen LogP contribution in [0.2, 0.25) is 5.02 Å². The average molecular weight is 289 g/mol. The van der Waals surface area contributed by atoms with Crippen molar-refractivity contribution in [3.63, 3.8) is 0 Å². The van der Waals surface area contributed by atoms with Gasteiger partial charge in [-0.15, -0.1) is 0 Å². The van der Waals surface area contributed by atoms with Crippen LogP contribution in [0.5, 0.6) is 0 Å². The lowest BCUT2D eigenvalue weighted by Gasteiger charge is -2.04. The molecule has 0 saturated heterocycles. The molecule has 3 rings (SSSR count). The number of para-hydroxylation sites is 1.